The monoisotopic (exact) mass is 171 g/mol. The zero-order chi connectivity index (χ0) is 8.97. The van der Waals surface area contributed by atoms with Gasteiger partial charge < -0.3 is 5.73 Å². The second-order valence-corrected chi connectivity index (χ2v) is 3.91. The maximum Gasteiger partial charge on any atom is 0.0365 e. The topological polar surface area (TPSA) is 41.3 Å². The van der Waals surface area contributed by atoms with Crippen LogP contribution in [0.1, 0.15) is 25.7 Å². The standard InChI is InChI=1S/C9H21N3/c1-12(2)11-9(7-10)8-5-3-4-6-8/h8-9,11H,3-7,10H2,1-2H3. The van der Waals surface area contributed by atoms with Crippen molar-refractivity contribution in [3.63, 3.8) is 0 Å². The van der Waals surface area contributed by atoms with Gasteiger partial charge in [-0.25, -0.2) is 0 Å². The number of nitrogens with one attached hydrogen (secondary N) is 1. The van der Waals surface area contributed by atoms with Gasteiger partial charge in [0.15, 0.2) is 0 Å². The highest BCUT2D eigenvalue weighted by atomic mass is 15.5. The minimum Gasteiger partial charge on any atom is -0.329 e. The van der Waals surface area contributed by atoms with Crippen LogP contribution < -0.4 is 11.2 Å². The summed E-state index contributed by atoms with van der Waals surface area (Å²) in [6.07, 6.45) is 5.47. The molecule has 3 heteroatoms. The summed E-state index contributed by atoms with van der Waals surface area (Å²) in [5, 5.41) is 2.01. The van der Waals surface area contributed by atoms with Crippen LogP contribution in [0.5, 0.6) is 0 Å². The van der Waals surface area contributed by atoms with Crippen LogP contribution in [0.15, 0.2) is 0 Å². The minimum atomic E-state index is 0.488. The lowest BCUT2D eigenvalue weighted by Crippen LogP contribution is -2.47. The van der Waals surface area contributed by atoms with E-state index in [-0.39, 0.29) is 0 Å². The maximum absolute atomic E-state index is 5.71. The van der Waals surface area contributed by atoms with Crippen molar-refractivity contribution in [3.8, 4) is 0 Å². The van der Waals surface area contributed by atoms with Gasteiger partial charge in [0.2, 0.25) is 0 Å². The highest BCUT2D eigenvalue weighted by Gasteiger charge is 2.23. The Kier molecular flexibility index (Phi) is 3.98. The molecule has 0 radical (unpaired) electrons. The van der Waals surface area contributed by atoms with Gasteiger partial charge in [-0.1, -0.05) is 12.8 Å². The Bertz CT molecular complexity index is 119. The molecule has 1 saturated carbocycles. The van der Waals surface area contributed by atoms with Crippen molar-refractivity contribution in [3.05, 3.63) is 0 Å². The Morgan fingerprint density at radius 1 is 1.42 bits per heavy atom. The second-order valence-electron chi connectivity index (χ2n) is 3.91. The fourth-order valence-corrected chi connectivity index (χ4v) is 2.04. The zero-order valence-electron chi connectivity index (χ0n) is 8.21. The molecule has 12 heavy (non-hydrogen) atoms. The second kappa shape index (κ2) is 4.80. The number of rotatable bonds is 4. The molecule has 0 aromatic rings. The smallest absolute Gasteiger partial charge is 0.0365 e. The summed E-state index contributed by atoms with van der Waals surface area (Å²) in [4.78, 5) is 0. The van der Waals surface area contributed by atoms with E-state index in [0.29, 0.717) is 6.04 Å². The molecule has 1 unspecified atom stereocenters. The van der Waals surface area contributed by atoms with Crippen LogP contribution in [0.3, 0.4) is 0 Å². The molecule has 0 amide bonds. The molecule has 3 nitrogen and oxygen atoms in total. The van der Waals surface area contributed by atoms with E-state index in [9.17, 15) is 0 Å². The lowest BCUT2D eigenvalue weighted by Gasteiger charge is -2.26. The quantitative estimate of drug-likeness (QED) is 0.608. The Morgan fingerprint density at radius 2 is 2.00 bits per heavy atom. The van der Waals surface area contributed by atoms with E-state index in [1.54, 1.807) is 0 Å². The lowest BCUT2D eigenvalue weighted by molar-refractivity contribution is 0.200. The molecular formula is C9H21N3. The summed E-state index contributed by atoms with van der Waals surface area (Å²) in [5.74, 6) is 0.803. The van der Waals surface area contributed by atoms with E-state index in [1.807, 2.05) is 19.1 Å². The first kappa shape index (κ1) is 9.96. The molecule has 0 spiro atoms. The SMILES string of the molecule is CN(C)NC(CN)C1CCCC1. The third-order valence-electron chi connectivity index (χ3n) is 2.65. The van der Waals surface area contributed by atoms with Crippen molar-refractivity contribution in [1.82, 2.24) is 10.4 Å². The Labute approximate surface area is 75.3 Å². The van der Waals surface area contributed by atoms with E-state index in [1.165, 1.54) is 25.7 Å². The van der Waals surface area contributed by atoms with Crippen molar-refractivity contribution in [2.24, 2.45) is 11.7 Å². The van der Waals surface area contributed by atoms with Crippen molar-refractivity contribution >= 4 is 0 Å². The lowest BCUT2D eigenvalue weighted by atomic mass is 9.99. The summed E-state index contributed by atoms with van der Waals surface area (Å²) in [6.45, 7) is 0.753. The van der Waals surface area contributed by atoms with Gasteiger partial charge in [-0.15, -0.1) is 0 Å². The summed E-state index contributed by atoms with van der Waals surface area (Å²) in [5.41, 5.74) is 9.09. The Balaban J connectivity index is 2.32. The van der Waals surface area contributed by atoms with Crippen LogP contribution in [0, 0.1) is 5.92 Å². The van der Waals surface area contributed by atoms with Gasteiger partial charge in [-0.05, 0) is 18.8 Å². The fourth-order valence-electron chi connectivity index (χ4n) is 2.04. The van der Waals surface area contributed by atoms with Crippen LogP contribution >= 0.6 is 0 Å². The van der Waals surface area contributed by atoms with Gasteiger partial charge in [0.25, 0.3) is 0 Å². The molecule has 0 aromatic carbocycles. The Morgan fingerprint density at radius 3 is 2.42 bits per heavy atom. The van der Waals surface area contributed by atoms with Crippen LogP contribution in [-0.2, 0) is 0 Å². The van der Waals surface area contributed by atoms with Crippen LogP contribution in [0.4, 0.5) is 0 Å². The zero-order valence-corrected chi connectivity index (χ0v) is 8.21. The van der Waals surface area contributed by atoms with E-state index in [2.05, 4.69) is 5.43 Å². The number of nitrogens with two attached hydrogens (primary N) is 1. The molecule has 0 aliphatic heterocycles. The van der Waals surface area contributed by atoms with Gasteiger partial charge in [-0.3, -0.25) is 10.4 Å². The van der Waals surface area contributed by atoms with Crippen LogP contribution in [0.2, 0.25) is 0 Å². The number of hydrogen-bond acceptors (Lipinski definition) is 3. The van der Waals surface area contributed by atoms with Crippen molar-refractivity contribution < 1.29 is 0 Å². The molecular weight excluding hydrogens is 150 g/mol. The van der Waals surface area contributed by atoms with Gasteiger partial charge in [0.05, 0.1) is 0 Å². The fraction of sp³-hybridized carbons (Fsp3) is 1.00. The summed E-state index contributed by atoms with van der Waals surface area (Å²) >= 11 is 0. The summed E-state index contributed by atoms with van der Waals surface area (Å²) in [7, 11) is 4.05. The third kappa shape index (κ3) is 2.73. The van der Waals surface area contributed by atoms with Crippen molar-refractivity contribution in [1.29, 1.82) is 0 Å². The van der Waals surface area contributed by atoms with Crippen molar-refractivity contribution in [2.75, 3.05) is 20.6 Å². The number of hydrogen-bond donors (Lipinski definition) is 2. The molecule has 0 saturated heterocycles. The highest BCUT2D eigenvalue weighted by molar-refractivity contribution is 4.79. The normalized spacial score (nSPS) is 22.0. The molecule has 72 valence electrons. The minimum absolute atomic E-state index is 0.488. The van der Waals surface area contributed by atoms with E-state index < -0.39 is 0 Å². The summed E-state index contributed by atoms with van der Waals surface area (Å²) < 4.78 is 0. The molecule has 1 aliphatic carbocycles. The predicted molar refractivity (Wildman–Crippen MR) is 51.6 cm³/mol. The van der Waals surface area contributed by atoms with Crippen LogP contribution in [0.25, 0.3) is 0 Å². The largest absolute Gasteiger partial charge is 0.329 e. The first-order valence-electron chi connectivity index (χ1n) is 4.87. The summed E-state index contributed by atoms with van der Waals surface area (Å²) in [6, 6.07) is 0.488. The van der Waals surface area contributed by atoms with Crippen LogP contribution in [-0.4, -0.2) is 31.7 Å². The molecule has 1 fully saturated rings. The Hall–Kier alpha value is -0.120. The van der Waals surface area contributed by atoms with Crippen molar-refractivity contribution in [2.45, 2.75) is 31.7 Å². The molecule has 0 bridgehead atoms. The first-order valence-corrected chi connectivity index (χ1v) is 4.87. The number of nitrogens with zero attached hydrogens (tertiary/aromatic N) is 1. The first-order chi connectivity index (χ1) is 5.74. The van der Waals surface area contributed by atoms with E-state index in [4.69, 9.17) is 5.73 Å². The molecule has 1 aliphatic rings. The van der Waals surface area contributed by atoms with Gasteiger partial charge in [-0.2, -0.15) is 0 Å². The molecule has 1 rings (SSSR count). The highest BCUT2D eigenvalue weighted by Crippen LogP contribution is 2.27. The average molecular weight is 171 g/mol. The average Bonchev–Trinajstić information content (AvgIpc) is 2.51. The van der Waals surface area contributed by atoms with E-state index >= 15 is 0 Å². The van der Waals surface area contributed by atoms with E-state index in [0.717, 1.165) is 12.5 Å². The maximum atomic E-state index is 5.71. The van der Waals surface area contributed by atoms with Gasteiger partial charge in [0.1, 0.15) is 0 Å². The molecule has 0 aromatic heterocycles. The predicted octanol–water partition coefficient (Wildman–Crippen LogP) is 0.570. The van der Waals surface area contributed by atoms with Gasteiger partial charge >= 0.3 is 0 Å². The molecule has 0 heterocycles. The third-order valence-corrected chi connectivity index (χ3v) is 2.65. The molecule has 1 atom stereocenters. The molecule has 3 N–H and O–H groups in total. The number of hydrazine groups is 1. The van der Waals surface area contributed by atoms with Gasteiger partial charge in [0, 0.05) is 26.7 Å².